The van der Waals surface area contributed by atoms with Crippen molar-refractivity contribution in [3.8, 4) is 0 Å². The Balaban J connectivity index is 2.73. The molecule has 0 bridgehead atoms. The summed E-state index contributed by atoms with van der Waals surface area (Å²) in [5.74, 6) is -1.35. The van der Waals surface area contributed by atoms with Crippen LogP contribution in [-0.2, 0) is 9.59 Å². The topological polar surface area (TPSA) is 66.4 Å². The summed E-state index contributed by atoms with van der Waals surface area (Å²) in [4.78, 5) is 23.6. The Morgan fingerprint density at radius 2 is 2.05 bits per heavy atom. The molecule has 19 heavy (non-hydrogen) atoms. The third-order valence-corrected chi connectivity index (χ3v) is 3.84. The van der Waals surface area contributed by atoms with E-state index in [1.807, 2.05) is 12.3 Å². The van der Waals surface area contributed by atoms with Gasteiger partial charge in [-0.2, -0.15) is 0 Å². The van der Waals surface area contributed by atoms with Gasteiger partial charge in [0.15, 0.2) is 0 Å². The van der Waals surface area contributed by atoms with Crippen molar-refractivity contribution in [3.05, 3.63) is 23.2 Å². The summed E-state index contributed by atoms with van der Waals surface area (Å²) in [7, 11) is 0. The Labute approximate surface area is 121 Å². The highest BCUT2D eigenvalue weighted by molar-refractivity contribution is 7.98. The van der Waals surface area contributed by atoms with Gasteiger partial charge in [-0.1, -0.05) is 11.6 Å². The maximum atomic E-state index is 11.8. The van der Waals surface area contributed by atoms with Gasteiger partial charge in [-0.3, -0.25) is 9.59 Å². The number of carbonyl (C=O) groups is 2. The molecule has 104 valence electrons. The molecule has 0 heterocycles. The van der Waals surface area contributed by atoms with E-state index < -0.39 is 11.4 Å². The second-order valence-corrected chi connectivity index (χ2v) is 6.02. The fourth-order valence-corrected chi connectivity index (χ4v) is 2.30. The molecule has 0 unspecified atom stereocenters. The summed E-state index contributed by atoms with van der Waals surface area (Å²) in [6, 6.07) is 5.20. The van der Waals surface area contributed by atoms with Gasteiger partial charge < -0.3 is 10.4 Å². The molecule has 1 rings (SSSR count). The molecule has 4 nitrogen and oxygen atoms in total. The molecule has 0 aliphatic heterocycles. The Kier molecular flexibility index (Phi) is 5.26. The summed E-state index contributed by atoms with van der Waals surface area (Å²) >= 11 is 7.54. The maximum Gasteiger partial charge on any atom is 0.309 e. The zero-order valence-electron chi connectivity index (χ0n) is 11.0. The predicted octanol–water partition coefficient (Wildman–Crippen LogP) is 3.50. The smallest absolute Gasteiger partial charge is 0.309 e. The quantitative estimate of drug-likeness (QED) is 0.817. The second-order valence-electron chi connectivity index (χ2n) is 4.76. The first kappa shape index (κ1) is 15.9. The lowest BCUT2D eigenvalue weighted by molar-refractivity contribution is -0.148. The number of thioether (sulfide) groups is 1. The lowest BCUT2D eigenvalue weighted by Crippen LogP contribution is -2.29. The van der Waals surface area contributed by atoms with E-state index in [9.17, 15) is 9.59 Å². The van der Waals surface area contributed by atoms with Crippen LogP contribution in [0.2, 0.25) is 5.02 Å². The van der Waals surface area contributed by atoms with Crippen molar-refractivity contribution in [2.75, 3.05) is 11.6 Å². The maximum absolute atomic E-state index is 11.8. The van der Waals surface area contributed by atoms with Gasteiger partial charge in [0.25, 0.3) is 0 Å². The molecule has 1 amide bonds. The number of carboxylic acids is 1. The fourth-order valence-electron chi connectivity index (χ4n) is 1.43. The minimum absolute atomic E-state index is 0.0930. The Morgan fingerprint density at radius 1 is 1.42 bits per heavy atom. The molecule has 0 saturated heterocycles. The number of amides is 1. The van der Waals surface area contributed by atoms with Gasteiger partial charge in [0, 0.05) is 17.0 Å². The first-order valence-electron chi connectivity index (χ1n) is 5.63. The monoisotopic (exact) mass is 301 g/mol. The SMILES string of the molecule is CSc1ccc(NC(=O)CC(C)(C)C(=O)O)cc1Cl. The molecular formula is C13H16ClNO3S. The van der Waals surface area contributed by atoms with Crippen molar-refractivity contribution in [1.82, 2.24) is 0 Å². The van der Waals surface area contributed by atoms with Crippen LogP contribution in [0.25, 0.3) is 0 Å². The van der Waals surface area contributed by atoms with Gasteiger partial charge in [-0.25, -0.2) is 0 Å². The summed E-state index contributed by atoms with van der Waals surface area (Å²) < 4.78 is 0. The van der Waals surface area contributed by atoms with Gasteiger partial charge in [-0.05, 0) is 38.3 Å². The van der Waals surface area contributed by atoms with E-state index in [1.165, 1.54) is 25.6 Å². The Morgan fingerprint density at radius 3 is 2.53 bits per heavy atom. The number of halogens is 1. The molecule has 0 spiro atoms. The van der Waals surface area contributed by atoms with Crippen LogP contribution in [0, 0.1) is 5.41 Å². The van der Waals surface area contributed by atoms with Crippen LogP contribution in [0.15, 0.2) is 23.1 Å². The highest BCUT2D eigenvalue weighted by Crippen LogP contribution is 2.28. The lowest BCUT2D eigenvalue weighted by Gasteiger charge is -2.18. The predicted molar refractivity (Wildman–Crippen MR) is 77.9 cm³/mol. The van der Waals surface area contributed by atoms with Crippen LogP contribution in [0.5, 0.6) is 0 Å². The van der Waals surface area contributed by atoms with E-state index in [4.69, 9.17) is 16.7 Å². The first-order chi connectivity index (χ1) is 8.76. The normalized spacial score (nSPS) is 11.2. The molecule has 1 aromatic carbocycles. The summed E-state index contributed by atoms with van der Waals surface area (Å²) in [6.45, 7) is 3.03. The fraction of sp³-hybridized carbons (Fsp3) is 0.385. The largest absolute Gasteiger partial charge is 0.481 e. The summed E-state index contributed by atoms with van der Waals surface area (Å²) in [5.41, 5.74) is -0.526. The number of anilines is 1. The van der Waals surface area contributed by atoms with Crippen LogP contribution in [-0.4, -0.2) is 23.2 Å². The van der Waals surface area contributed by atoms with Crippen LogP contribution in [0.4, 0.5) is 5.69 Å². The van der Waals surface area contributed by atoms with Crippen molar-refractivity contribution in [2.24, 2.45) is 5.41 Å². The molecule has 0 fully saturated rings. The van der Waals surface area contributed by atoms with Gasteiger partial charge in [0.1, 0.15) is 0 Å². The molecule has 0 saturated carbocycles. The number of hydrogen-bond acceptors (Lipinski definition) is 3. The number of aliphatic carboxylic acids is 1. The molecule has 2 N–H and O–H groups in total. The molecular weight excluding hydrogens is 286 g/mol. The summed E-state index contributed by atoms with van der Waals surface area (Å²) in [5, 5.41) is 12.2. The average molecular weight is 302 g/mol. The highest BCUT2D eigenvalue weighted by atomic mass is 35.5. The number of rotatable bonds is 5. The number of hydrogen-bond donors (Lipinski definition) is 2. The van der Waals surface area contributed by atoms with Crippen LogP contribution < -0.4 is 5.32 Å². The van der Waals surface area contributed by atoms with Gasteiger partial charge in [-0.15, -0.1) is 11.8 Å². The molecule has 0 aliphatic rings. The van der Waals surface area contributed by atoms with Crippen molar-refractivity contribution in [1.29, 1.82) is 0 Å². The van der Waals surface area contributed by atoms with E-state index in [2.05, 4.69) is 5.32 Å². The van der Waals surface area contributed by atoms with Gasteiger partial charge in [0.05, 0.1) is 10.4 Å². The minimum atomic E-state index is -1.09. The zero-order valence-corrected chi connectivity index (χ0v) is 12.6. The van der Waals surface area contributed by atoms with Crippen molar-refractivity contribution >= 4 is 40.9 Å². The number of benzene rings is 1. The number of nitrogens with one attached hydrogen (secondary N) is 1. The average Bonchev–Trinajstić information content (AvgIpc) is 2.28. The Hall–Kier alpha value is -1.20. The van der Waals surface area contributed by atoms with Crippen molar-refractivity contribution in [3.63, 3.8) is 0 Å². The second kappa shape index (κ2) is 6.30. The molecule has 0 atom stereocenters. The molecule has 0 radical (unpaired) electrons. The highest BCUT2D eigenvalue weighted by Gasteiger charge is 2.30. The van der Waals surface area contributed by atoms with E-state index in [0.29, 0.717) is 10.7 Å². The van der Waals surface area contributed by atoms with Crippen LogP contribution >= 0.6 is 23.4 Å². The zero-order chi connectivity index (χ0) is 14.6. The van der Waals surface area contributed by atoms with E-state index >= 15 is 0 Å². The van der Waals surface area contributed by atoms with Crippen LogP contribution in [0.3, 0.4) is 0 Å². The van der Waals surface area contributed by atoms with Gasteiger partial charge >= 0.3 is 5.97 Å². The minimum Gasteiger partial charge on any atom is -0.481 e. The van der Waals surface area contributed by atoms with Crippen molar-refractivity contribution < 1.29 is 14.7 Å². The Bertz CT molecular complexity index is 503. The molecule has 6 heteroatoms. The molecule has 1 aromatic rings. The standard InChI is InChI=1S/C13H16ClNO3S/c1-13(2,12(17)18)7-11(16)15-8-4-5-10(19-3)9(14)6-8/h4-6H,7H2,1-3H3,(H,15,16)(H,17,18). The summed E-state index contributed by atoms with van der Waals surface area (Å²) in [6.07, 6.45) is 1.82. The van der Waals surface area contributed by atoms with E-state index in [-0.39, 0.29) is 12.3 Å². The van der Waals surface area contributed by atoms with Gasteiger partial charge in [0.2, 0.25) is 5.91 Å². The molecule has 0 aromatic heterocycles. The van der Waals surface area contributed by atoms with Crippen LogP contribution in [0.1, 0.15) is 20.3 Å². The van der Waals surface area contributed by atoms with E-state index in [0.717, 1.165) is 4.90 Å². The molecule has 0 aliphatic carbocycles. The number of carbonyl (C=O) groups excluding carboxylic acids is 1. The third kappa shape index (κ3) is 4.44. The number of carboxylic acid groups (broad SMARTS) is 1. The first-order valence-corrected chi connectivity index (χ1v) is 7.23. The lowest BCUT2D eigenvalue weighted by atomic mass is 9.89. The van der Waals surface area contributed by atoms with E-state index in [1.54, 1.807) is 12.1 Å². The van der Waals surface area contributed by atoms with Crippen molar-refractivity contribution in [2.45, 2.75) is 25.2 Å². The third-order valence-electron chi connectivity index (χ3n) is 2.62.